The van der Waals surface area contributed by atoms with Gasteiger partial charge in [0.2, 0.25) is 0 Å². The van der Waals surface area contributed by atoms with Gasteiger partial charge in [-0.15, -0.1) is 0 Å². The number of rotatable bonds is 5. The summed E-state index contributed by atoms with van der Waals surface area (Å²) >= 11 is 0. The molecule has 1 aliphatic heterocycles. The Hall–Kier alpha value is -0.120. The zero-order valence-electron chi connectivity index (χ0n) is 9.41. The SMILES string of the molecule is CC1CN(CCCCCO)C(C)CO1. The fraction of sp³-hybridized carbons (Fsp3) is 1.00. The molecule has 0 aromatic heterocycles. The third kappa shape index (κ3) is 3.95. The predicted molar refractivity (Wildman–Crippen MR) is 57.4 cm³/mol. The normalized spacial score (nSPS) is 29.4. The first-order chi connectivity index (χ1) is 6.74. The Bertz CT molecular complexity index is 152. The van der Waals surface area contributed by atoms with E-state index in [4.69, 9.17) is 9.84 Å². The second-order valence-electron chi connectivity index (χ2n) is 4.27. The van der Waals surface area contributed by atoms with Gasteiger partial charge in [0.05, 0.1) is 12.7 Å². The number of ether oxygens (including phenoxy) is 1. The van der Waals surface area contributed by atoms with Crippen molar-refractivity contribution in [2.75, 3.05) is 26.3 Å². The summed E-state index contributed by atoms with van der Waals surface area (Å²) in [5.41, 5.74) is 0. The molecule has 14 heavy (non-hydrogen) atoms. The molecule has 1 fully saturated rings. The van der Waals surface area contributed by atoms with Crippen LogP contribution >= 0.6 is 0 Å². The van der Waals surface area contributed by atoms with Crippen LogP contribution in [0.2, 0.25) is 0 Å². The van der Waals surface area contributed by atoms with Crippen molar-refractivity contribution in [3.8, 4) is 0 Å². The van der Waals surface area contributed by atoms with Crippen LogP contribution in [0.3, 0.4) is 0 Å². The summed E-state index contributed by atoms with van der Waals surface area (Å²) in [6.45, 7) is 7.75. The van der Waals surface area contributed by atoms with Gasteiger partial charge < -0.3 is 9.84 Å². The van der Waals surface area contributed by atoms with E-state index in [1.54, 1.807) is 0 Å². The highest BCUT2D eigenvalue weighted by atomic mass is 16.5. The number of hydrogen-bond donors (Lipinski definition) is 1. The van der Waals surface area contributed by atoms with Gasteiger partial charge in [0.1, 0.15) is 0 Å². The summed E-state index contributed by atoms with van der Waals surface area (Å²) in [5, 5.41) is 8.66. The molecular weight excluding hydrogens is 178 g/mol. The lowest BCUT2D eigenvalue weighted by molar-refractivity contribution is -0.0497. The van der Waals surface area contributed by atoms with E-state index in [2.05, 4.69) is 18.7 Å². The molecule has 1 N–H and O–H groups in total. The maximum absolute atomic E-state index is 8.66. The Balaban J connectivity index is 2.14. The van der Waals surface area contributed by atoms with Crippen molar-refractivity contribution >= 4 is 0 Å². The number of nitrogens with zero attached hydrogens (tertiary/aromatic N) is 1. The third-order valence-electron chi connectivity index (χ3n) is 2.84. The van der Waals surface area contributed by atoms with Gasteiger partial charge in [-0.05, 0) is 39.7 Å². The fourth-order valence-electron chi connectivity index (χ4n) is 1.89. The van der Waals surface area contributed by atoms with Crippen LogP contribution in [0.4, 0.5) is 0 Å². The van der Waals surface area contributed by atoms with Gasteiger partial charge in [0.25, 0.3) is 0 Å². The summed E-state index contributed by atoms with van der Waals surface area (Å²) in [6, 6.07) is 0.556. The van der Waals surface area contributed by atoms with E-state index in [0.717, 1.165) is 32.5 Å². The molecule has 1 rings (SSSR count). The monoisotopic (exact) mass is 201 g/mol. The largest absolute Gasteiger partial charge is 0.396 e. The summed E-state index contributed by atoms with van der Waals surface area (Å²) in [5.74, 6) is 0. The van der Waals surface area contributed by atoms with Crippen LogP contribution in [-0.4, -0.2) is 48.5 Å². The van der Waals surface area contributed by atoms with E-state index < -0.39 is 0 Å². The smallest absolute Gasteiger partial charge is 0.0674 e. The zero-order valence-corrected chi connectivity index (χ0v) is 9.41. The molecule has 0 aromatic rings. The summed E-state index contributed by atoms with van der Waals surface area (Å²) < 4.78 is 5.57. The first-order valence-corrected chi connectivity index (χ1v) is 5.70. The van der Waals surface area contributed by atoms with E-state index >= 15 is 0 Å². The summed E-state index contributed by atoms with van der Waals surface area (Å²) in [4.78, 5) is 2.49. The highest BCUT2D eigenvalue weighted by molar-refractivity contribution is 4.74. The van der Waals surface area contributed by atoms with Crippen molar-refractivity contribution in [2.45, 2.75) is 45.3 Å². The molecule has 3 nitrogen and oxygen atoms in total. The fourth-order valence-corrected chi connectivity index (χ4v) is 1.89. The molecule has 0 aliphatic carbocycles. The first kappa shape index (κ1) is 12.0. The molecule has 3 heteroatoms. The second-order valence-corrected chi connectivity index (χ2v) is 4.27. The van der Waals surface area contributed by atoms with Crippen LogP contribution in [0, 0.1) is 0 Å². The highest BCUT2D eigenvalue weighted by Gasteiger charge is 2.22. The first-order valence-electron chi connectivity index (χ1n) is 5.70. The average Bonchev–Trinajstić information content (AvgIpc) is 2.18. The molecule has 0 amide bonds. The van der Waals surface area contributed by atoms with Gasteiger partial charge in [-0.2, -0.15) is 0 Å². The van der Waals surface area contributed by atoms with E-state index in [-0.39, 0.29) is 0 Å². The van der Waals surface area contributed by atoms with Gasteiger partial charge in [-0.25, -0.2) is 0 Å². The molecule has 1 saturated heterocycles. The zero-order chi connectivity index (χ0) is 10.4. The molecular formula is C11H23NO2. The molecule has 1 heterocycles. The summed E-state index contributed by atoms with van der Waals surface area (Å²) in [7, 11) is 0. The number of aliphatic hydroxyl groups excluding tert-OH is 1. The standard InChI is InChI=1S/C11H23NO2/c1-10-9-14-11(2)8-12(10)6-4-3-5-7-13/h10-11,13H,3-9H2,1-2H3. The van der Waals surface area contributed by atoms with Gasteiger partial charge >= 0.3 is 0 Å². The van der Waals surface area contributed by atoms with Gasteiger partial charge in [0, 0.05) is 19.2 Å². The minimum absolute atomic E-state index is 0.328. The van der Waals surface area contributed by atoms with Crippen molar-refractivity contribution in [1.29, 1.82) is 0 Å². The van der Waals surface area contributed by atoms with Crippen molar-refractivity contribution < 1.29 is 9.84 Å². The van der Waals surface area contributed by atoms with Gasteiger partial charge in [0.15, 0.2) is 0 Å². The summed E-state index contributed by atoms with van der Waals surface area (Å²) in [6.07, 6.45) is 3.64. The van der Waals surface area contributed by atoms with Crippen LogP contribution < -0.4 is 0 Å². The molecule has 0 aromatic carbocycles. The van der Waals surface area contributed by atoms with Crippen LogP contribution in [0.1, 0.15) is 33.1 Å². The van der Waals surface area contributed by atoms with Crippen molar-refractivity contribution in [3.05, 3.63) is 0 Å². The predicted octanol–water partition coefficient (Wildman–Crippen LogP) is 1.26. The lowest BCUT2D eigenvalue weighted by atomic mass is 10.1. The lowest BCUT2D eigenvalue weighted by Crippen LogP contribution is -2.47. The average molecular weight is 201 g/mol. The van der Waals surface area contributed by atoms with Gasteiger partial charge in [-0.3, -0.25) is 4.90 Å². The van der Waals surface area contributed by atoms with E-state index in [9.17, 15) is 0 Å². The molecule has 2 atom stereocenters. The minimum Gasteiger partial charge on any atom is -0.396 e. The Morgan fingerprint density at radius 1 is 1.29 bits per heavy atom. The van der Waals surface area contributed by atoms with Crippen molar-refractivity contribution in [2.24, 2.45) is 0 Å². The van der Waals surface area contributed by atoms with E-state index in [1.807, 2.05) is 0 Å². The van der Waals surface area contributed by atoms with E-state index in [1.165, 1.54) is 6.42 Å². The van der Waals surface area contributed by atoms with Crippen molar-refractivity contribution in [1.82, 2.24) is 4.90 Å². The Morgan fingerprint density at radius 2 is 2.07 bits per heavy atom. The van der Waals surface area contributed by atoms with Crippen LogP contribution in [0.25, 0.3) is 0 Å². The Kier molecular flexibility index (Phi) is 5.45. The minimum atomic E-state index is 0.328. The third-order valence-corrected chi connectivity index (χ3v) is 2.84. The number of unbranched alkanes of at least 4 members (excludes halogenated alkanes) is 2. The molecule has 0 saturated carbocycles. The lowest BCUT2D eigenvalue weighted by Gasteiger charge is -2.36. The number of hydrogen-bond acceptors (Lipinski definition) is 3. The van der Waals surface area contributed by atoms with E-state index in [0.29, 0.717) is 18.8 Å². The molecule has 84 valence electrons. The molecule has 0 bridgehead atoms. The van der Waals surface area contributed by atoms with Crippen molar-refractivity contribution in [3.63, 3.8) is 0 Å². The highest BCUT2D eigenvalue weighted by Crippen LogP contribution is 2.12. The quantitative estimate of drug-likeness (QED) is 0.680. The topological polar surface area (TPSA) is 32.7 Å². The van der Waals surface area contributed by atoms with Gasteiger partial charge in [-0.1, -0.05) is 0 Å². The van der Waals surface area contributed by atoms with Crippen LogP contribution in [0.5, 0.6) is 0 Å². The Labute approximate surface area is 87.1 Å². The molecule has 0 radical (unpaired) electrons. The molecule has 2 unspecified atom stereocenters. The second kappa shape index (κ2) is 6.38. The maximum Gasteiger partial charge on any atom is 0.0674 e. The number of aliphatic hydroxyl groups is 1. The maximum atomic E-state index is 8.66. The van der Waals surface area contributed by atoms with Crippen LogP contribution in [-0.2, 0) is 4.74 Å². The molecule has 1 aliphatic rings. The number of morpholine rings is 1. The molecule has 0 spiro atoms. The Morgan fingerprint density at radius 3 is 2.79 bits per heavy atom. The van der Waals surface area contributed by atoms with Crippen LogP contribution in [0.15, 0.2) is 0 Å².